The lowest BCUT2D eigenvalue weighted by atomic mass is 9.99. The highest BCUT2D eigenvalue weighted by Crippen LogP contribution is 2.24. The highest BCUT2D eigenvalue weighted by atomic mass is 15.3. The molecule has 0 spiro atoms. The third-order valence-electron chi connectivity index (χ3n) is 6.18. The molecule has 0 aliphatic heterocycles. The first-order chi connectivity index (χ1) is 13.2. The third kappa shape index (κ3) is 10.1. The molecule has 0 amide bonds. The molecule has 154 valence electrons. The van der Waals surface area contributed by atoms with E-state index in [-0.39, 0.29) is 0 Å². The van der Waals surface area contributed by atoms with Gasteiger partial charge in [-0.25, -0.2) is 0 Å². The molecule has 0 saturated heterocycles. The van der Waals surface area contributed by atoms with Gasteiger partial charge in [0.2, 0.25) is 0 Å². The Bertz CT molecular complexity index is 466. The molecule has 0 saturated carbocycles. The van der Waals surface area contributed by atoms with E-state index in [9.17, 15) is 0 Å². The molecule has 1 aromatic carbocycles. The number of hydrogen-bond acceptors (Lipinski definition) is 0. The Morgan fingerprint density at radius 1 is 0.852 bits per heavy atom. The first kappa shape index (κ1) is 24.0. The summed E-state index contributed by atoms with van der Waals surface area (Å²) in [5.41, 5.74) is 1.45. The van der Waals surface area contributed by atoms with Gasteiger partial charge in [0.1, 0.15) is 6.54 Å². The molecule has 1 heteroatoms. The van der Waals surface area contributed by atoms with Crippen molar-refractivity contribution in [3.8, 4) is 0 Å². The van der Waals surface area contributed by atoms with Gasteiger partial charge >= 0.3 is 0 Å². The Labute approximate surface area is 170 Å². The number of hydrogen-bond donors (Lipinski definition) is 0. The van der Waals surface area contributed by atoms with E-state index in [1.807, 2.05) is 0 Å². The lowest BCUT2D eigenvalue weighted by Gasteiger charge is -2.41. The number of unbranched alkanes of at least 4 members (excludes halogenated alkanes) is 9. The van der Waals surface area contributed by atoms with Crippen molar-refractivity contribution in [2.75, 3.05) is 13.6 Å². The summed E-state index contributed by atoms with van der Waals surface area (Å²) in [4.78, 5) is 0. The topological polar surface area (TPSA) is 0 Å². The summed E-state index contributed by atoms with van der Waals surface area (Å²) in [6.07, 6.45) is 18.9. The van der Waals surface area contributed by atoms with E-state index in [1.54, 1.807) is 0 Å². The van der Waals surface area contributed by atoms with Gasteiger partial charge in [-0.2, -0.15) is 0 Å². The first-order valence-corrected chi connectivity index (χ1v) is 11.6. The number of benzene rings is 1. The van der Waals surface area contributed by atoms with Gasteiger partial charge in [0.25, 0.3) is 0 Å². The second-order valence-corrected chi connectivity index (χ2v) is 8.63. The highest BCUT2D eigenvalue weighted by molar-refractivity contribution is 5.13. The summed E-state index contributed by atoms with van der Waals surface area (Å²) in [7, 11) is 2.43. The molecule has 0 aromatic heterocycles. The minimum Gasteiger partial charge on any atom is -0.317 e. The number of quaternary nitrogens is 1. The van der Waals surface area contributed by atoms with Gasteiger partial charge in [0.15, 0.2) is 0 Å². The SMILES string of the molecule is C=CC[N+](C)(Cc1ccccc1)C(CC)CCCCCCCCCCCC. The maximum absolute atomic E-state index is 4.05. The lowest BCUT2D eigenvalue weighted by Crippen LogP contribution is -2.51. The molecule has 0 bridgehead atoms. The summed E-state index contributed by atoms with van der Waals surface area (Å²) >= 11 is 0. The van der Waals surface area contributed by atoms with Crippen LogP contribution in [0, 0.1) is 0 Å². The van der Waals surface area contributed by atoms with E-state index in [0.717, 1.165) is 23.6 Å². The highest BCUT2D eigenvalue weighted by Gasteiger charge is 2.30. The quantitative estimate of drug-likeness (QED) is 0.148. The second-order valence-electron chi connectivity index (χ2n) is 8.63. The molecule has 2 atom stereocenters. The van der Waals surface area contributed by atoms with Crippen molar-refractivity contribution < 1.29 is 4.48 Å². The van der Waals surface area contributed by atoms with Crippen LogP contribution in [0.2, 0.25) is 0 Å². The molecular weight excluding hydrogens is 326 g/mol. The zero-order valence-electron chi connectivity index (χ0n) is 18.6. The lowest BCUT2D eigenvalue weighted by molar-refractivity contribution is -0.941. The molecule has 2 unspecified atom stereocenters. The minimum atomic E-state index is 0.734. The smallest absolute Gasteiger partial charge is 0.105 e. The molecule has 0 fully saturated rings. The molecule has 1 nitrogen and oxygen atoms in total. The van der Waals surface area contributed by atoms with Crippen molar-refractivity contribution in [3.63, 3.8) is 0 Å². The first-order valence-electron chi connectivity index (χ1n) is 11.6. The Balaban J connectivity index is 2.33. The minimum absolute atomic E-state index is 0.734. The number of rotatable bonds is 17. The Hall–Kier alpha value is -1.08. The van der Waals surface area contributed by atoms with Crippen LogP contribution >= 0.6 is 0 Å². The van der Waals surface area contributed by atoms with Crippen LogP contribution in [-0.4, -0.2) is 24.1 Å². The standard InChI is InChI=1S/C26H46N/c1-5-8-9-10-11-12-13-14-15-19-22-26(7-3)27(4,23-6-2)24-25-20-17-16-18-21-25/h6,16-18,20-21,26H,2,5,7-15,19,22-24H2,1,3-4H3/q+1. The van der Waals surface area contributed by atoms with E-state index >= 15 is 0 Å². The van der Waals surface area contributed by atoms with Crippen molar-refractivity contribution in [2.45, 2.75) is 103 Å². The zero-order valence-corrected chi connectivity index (χ0v) is 18.6. The Morgan fingerprint density at radius 2 is 1.41 bits per heavy atom. The van der Waals surface area contributed by atoms with Gasteiger partial charge < -0.3 is 4.48 Å². The van der Waals surface area contributed by atoms with Crippen LogP contribution in [0.15, 0.2) is 43.0 Å². The van der Waals surface area contributed by atoms with Gasteiger partial charge in [0.05, 0.1) is 19.6 Å². The van der Waals surface area contributed by atoms with E-state index < -0.39 is 0 Å². The van der Waals surface area contributed by atoms with Crippen LogP contribution in [-0.2, 0) is 6.54 Å². The molecule has 0 heterocycles. The summed E-state index contributed by atoms with van der Waals surface area (Å²) in [6.45, 7) is 10.9. The van der Waals surface area contributed by atoms with Gasteiger partial charge in [0, 0.05) is 5.56 Å². The normalized spacial score (nSPS) is 14.6. The van der Waals surface area contributed by atoms with Crippen LogP contribution in [0.25, 0.3) is 0 Å². The van der Waals surface area contributed by atoms with Crippen molar-refractivity contribution in [3.05, 3.63) is 48.6 Å². The predicted molar refractivity (Wildman–Crippen MR) is 122 cm³/mol. The van der Waals surface area contributed by atoms with Gasteiger partial charge in [-0.15, -0.1) is 0 Å². The van der Waals surface area contributed by atoms with Crippen molar-refractivity contribution in [2.24, 2.45) is 0 Å². The van der Waals surface area contributed by atoms with Crippen LogP contribution in [0.4, 0.5) is 0 Å². The number of likely N-dealkylation sites (N-methyl/N-ethyl adjacent to an activating group) is 1. The van der Waals surface area contributed by atoms with E-state index in [2.05, 4.69) is 63.9 Å². The second kappa shape index (κ2) is 14.9. The maximum atomic E-state index is 4.05. The molecule has 1 rings (SSSR count). The molecule has 0 aliphatic rings. The predicted octanol–water partition coefficient (Wildman–Crippen LogP) is 7.91. The van der Waals surface area contributed by atoms with Crippen molar-refractivity contribution in [1.29, 1.82) is 0 Å². The van der Waals surface area contributed by atoms with Crippen LogP contribution in [0.5, 0.6) is 0 Å². The summed E-state index contributed by atoms with van der Waals surface area (Å²) in [5, 5.41) is 0. The van der Waals surface area contributed by atoms with Crippen LogP contribution in [0.3, 0.4) is 0 Å². The fourth-order valence-corrected chi connectivity index (χ4v) is 4.46. The molecule has 27 heavy (non-hydrogen) atoms. The maximum Gasteiger partial charge on any atom is 0.105 e. The molecular formula is C26H46N+. The van der Waals surface area contributed by atoms with Crippen LogP contribution < -0.4 is 0 Å². The molecule has 0 N–H and O–H groups in total. The average Bonchev–Trinajstić information content (AvgIpc) is 2.67. The van der Waals surface area contributed by atoms with Crippen molar-refractivity contribution >= 4 is 0 Å². The Kier molecular flexibility index (Phi) is 13.2. The molecule has 0 aliphatic carbocycles. The fourth-order valence-electron chi connectivity index (χ4n) is 4.46. The van der Waals surface area contributed by atoms with Crippen molar-refractivity contribution in [1.82, 2.24) is 0 Å². The monoisotopic (exact) mass is 372 g/mol. The van der Waals surface area contributed by atoms with E-state index in [4.69, 9.17) is 0 Å². The summed E-state index contributed by atoms with van der Waals surface area (Å²) in [6, 6.07) is 11.7. The fraction of sp³-hybridized carbons (Fsp3) is 0.692. The largest absolute Gasteiger partial charge is 0.317 e. The molecule has 0 radical (unpaired) electrons. The van der Waals surface area contributed by atoms with Gasteiger partial charge in [-0.05, 0) is 25.3 Å². The molecule has 1 aromatic rings. The van der Waals surface area contributed by atoms with Gasteiger partial charge in [-0.3, -0.25) is 0 Å². The average molecular weight is 373 g/mol. The van der Waals surface area contributed by atoms with E-state index in [0.29, 0.717) is 0 Å². The number of nitrogens with zero attached hydrogens (tertiary/aromatic N) is 1. The summed E-state index contributed by atoms with van der Waals surface area (Å²) in [5.74, 6) is 0. The van der Waals surface area contributed by atoms with E-state index in [1.165, 1.54) is 82.6 Å². The summed E-state index contributed by atoms with van der Waals surface area (Å²) < 4.78 is 1.10. The Morgan fingerprint density at radius 3 is 1.93 bits per heavy atom. The zero-order chi connectivity index (χ0) is 19.8. The third-order valence-corrected chi connectivity index (χ3v) is 6.18. The van der Waals surface area contributed by atoms with Crippen LogP contribution in [0.1, 0.15) is 96.5 Å². The van der Waals surface area contributed by atoms with Gasteiger partial charge in [-0.1, -0.05) is 109 Å².